The number of nitrogens with zero attached hydrogens (tertiary/aromatic N) is 2. The molecule has 0 radical (unpaired) electrons. The Labute approximate surface area is 272 Å². The number of nitrogens with one attached hydrogen (secondary N) is 1. The van der Waals surface area contributed by atoms with Crippen LogP contribution in [-0.4, -0.2) is 42.2 Å². The Bertz CT molecular complexity index is 1700. The van der Waals surface area contributed by atoms with Gasteiger partial charge in [-0.1, -0.05) is 41.9 Å². The number of rotatable bonds is 12. The molecule has 0 saturated heterocycles. The molecule has 1 aromatic heterocycles. The summed E-state index contributed by atoms with van der Waals surface area (Å²) >= 11 is 5.82. The zero-order valence-electron chi connectivity index (χ0n) is 25.6. The number of dihydropyridines is 1. The molecule has 0 spiro atoms. The SMILES string of the molecule is COC(=O)C1=C(F)NC(C)=C(C(=O)OCCCCCCOc2cc(C)nc(-c3ccccc3)n2)C1c1c(F)ccc(Cl)c1C(F)(F)F. The number of methoxy groups -OCH3 is 1. The first-order valence-corrected chi connectivity index (χ1v) is 14.9. The lowest BCUT2D eigenvalue weighted by atomic mass is 9.79. The third-order valence-electron chi connectivity index (χ3n) is 7.24. The minimum Gasteiger partial charge on any atom is -0.478 e. The molecule has 1 aliphatic rings. The van der Waals surface area contributed by atoms with Gasteiger partial charge in [0.25, 0.3) is 0 Å². The number of carbonyl (C=O) groups excluding carboxylic acids is 2. The Morgan fingerprint density at radius 2 is 1.60 bits per heavy atom. The van der Waals surface area contributed by atoms with Gasteiger partial charge in [0.15, 0.2) is 5.82 Å². The monoisotopic (exact) mass is 679 g/mol. The van der Waals surface area contributed by atoms with E-state index in [0.29, 0.717) is 56.1 Å². The van der Waals surface area contributed by atoms with Gasteiger partial charge >= 0.3 is 18.1 Å². The molecule has 0 aliphatic carbocycles. The van der Waals surface area contributed by atoms with E-state index in [4.69, 9.17) is 21.1 Å². The number of allylic oxidation sites excluding steroid dienone is 1. The van der Waals surface area contributed by atoms with E-state index in [-0.39, 0.29) is 12.3 Å². The van der Waals surface area contributed by atoms with Crippen molar-refractivity contribution in [1.29, 1.82) is 0 Å². The summed E-state index contributed by atoms with van der Waals surface area (Å²) in [6.45, 7) is 3.24. The molecule has 2 aromatic carbocycles. The van der Waals surface area contributed by atoms with Gasteiger partial charge in [-0.2, -0.15) is 22.5 Å². The normalized spacial score (nSPS) is 15.0. The predicted molar refractivity (Wildman–Crippen MR) is 162 cm³/mol. The number of benzene rings is 2. The number of alkyl halides is 3. The summed E-state index contributed by atoms with van der Waals surface area (Å²) in [6, 6.07) is 12.5. The molecule has 1 N–H and O–H groups in total. The number of ether oxygens (including phenoxy) is 3. The minimum absolute atomic E-state index is 0.154. The molecule has 8 nitrogen and oxygen atoms in total. The topological polar surface area (TPSA) is 99.6 Å². The summed E-state index contributed by atoms with van der Waals surface area (Å²) in [4.78, 5) is 34.8. The summed E-state index contributed by atoms with van der Waals surface area (Å²) in [5, 5.41) is 1.25. The van der Waals surface area contributed by atoms with Crippen molar-refractivity contribution in [3.05, 3.63) is 99.0 Å². The molecule has 0 bridgehead atoms. The molecule has 250 valence electrons. The summed E-state index contributed by atoms with van der Waals surface area (Å²) in [5.74, 6) is -6.63. The van der Waals surface area contributed by atoms with Crippen LogP contribution in [0.15, 0.2) is 71.3 Å². The standard InChI is InChI=1S/C33H31ClF5N3O5/c1-18-17-23(42-30(40-18)20-11-7-6-8-12-20)46-15-9-4-5-10-16-47-32(44)24-19(2)41-29(36)27(31(43)45-3)26(24)25-22(35)14-13-21(34)28(25)33(37,38)39/h6-8,11-14,17,26,41H,4-5,9-10,15-16H2,1-3H3. The molecule has 1 unspecified atom stereocenters. The Balaban J connectivity index is 1.39. The van der Waals surface area contributed by atoms with Gasteiger partial charge in [0, 0.05) is 28.6 Å². The largest absolute Gasteiger partial charge is 0.478 e. The first kappa shape index (κ1) is 35.3. The van der Waals surface area contributed by atoms with Crippen molar-refractivity contribution in [2.75, 3.05) is 20.3 Å². The van der Waals surface area contributed by atoms with Crippen LogP contribution in [0, 0.1) is 12.7 Å². The summed E-state index contributed by atoms with van der Waals surface area (Å²) in [5.41, 5.74) is -3.16. The molecule has 1 aliphatic heterocycles. The van der Waals surface area contributed by atoms with Crippen LogP contribution in [0.4, 0.5) is 22.0 Å². The highest BCUT2D eigenvalue weighted by atomic mass is 35.5. The van der Waals surface area contributed by atoms with Crippen molar-refractivity contribution < 1.29 is 45.8 Å². The number of esters is 2. The number of aromatic nitrogens is 2. The smallest absolute Gasteiger partial charge is 0.418 e. The Hall–Kier alpha value is -4.52. The van der Waals surface area contributed by atoms with Crippen molar-refractivity contribution in [1.82, 2.24) is 15.3 Å². The first-order chi connectivity index (χ1) is 22.3. The van der Waals surface area contributed by atoms with E-state index < -0.39 is 63.1 Å². The highest BCUT2D eigenvalue weighted by Crippen LogP contribution is 2.48. The van der Waals surface area contributed by atoms with Crippen LogP contribution >= 0.6 is 11.6 Å². The third kappa shape index (κ3) is 8.45. The van der Waals surface area contributed by atoms with Gasteiger partial charge in [-0.15, -0.1) is 0 Å². The van der Waals surface area contributed by atoms with E-state index >= 15 is 8.78 Å². The highest BCUT2D eigenvalue weighted by molar-refractivity contribution is 6.31. The molecule has 1 atom stereocenters. The van der Waals surface area contributed by atoms with E-state index in [2.05, 4.69) is 20.0 Å². The zero-order valence-corrected chi connectivity index (χ0v) is 26.4. The average Bonchev–Trinajstić information content (AvgIpc) is 3.02. The van der Waals surface area contributed by atoms with Crippen LogP contribution in [0.1, 0.15) is 55.3 Å². The van der Waals surface area contributed by atoms with E-state index in [1.54, 1.807) is 6.07 Å². The van der Waals surface area contributed by atoms with Crippen LogP contribution < -0.4 is 10.1 Å². The molecule has 47 heavy (non-hydrogen) atoms. The van der Waals surface area contributed by atoms with Gasteiger partial charge in [-0.3, -0.25) is 0 Å². The number of carbonyl (C=O) groups is 2. The van der Waals surface area contributed by atoms with Gasteiger partial charge in [-0.25, -0.2) is 19.0 Å². The van der Waals surface area contributed by atoms with Crippen molar-refractivity contribution in [2.24, 2.45) is 0 Å². The van der Waals surface area contributed by atoms with Crippen molar-refractivity contribution in [3.63, 3.8) is 0 Å². The van der Waals surface area contributed by atoms with Crippen molar-refractivity contribution in [3.8, 4) is 17.3 Å². The summed E-state index contributed by atoms with van der Waals surface area (Å²) in [6.07, 6.45) is -2.93. The molecule has 0 amide bonds. The zero-order chi connectivity index (χ0) is 34.3. The fourth-order valence-electron chi connectivity index (χ4n) is 5.11. The maximum Gasteiger partial charge on any atom is 0.418 e. The third-order valence-corrected chi connectivity index (χ3v) is 7.55. The lowest BCUT2D eigenvalue weighted by molar-refractivity contribution is -0.141. The van der Waals surface area contributed by atoms with E-state index in [1.165, 1.54) is 6.92 Å². The number of unbranched alkanes of at least 4 members (excludes halogenated alkanes) is 3. The molecular weight excluding hydrogens is 649 g/mol. The molecule has 0 saturated carbocycles. The minimum atomic E-state index is -5.22. The summed E-state index contributed by atoms with van der Waals surface area (Å²) < 4.78 is 88.3. The molecular formula is C33H31ClF5N3O5. The lowest BCUT2D eigenvalue weighted by Crippen LogP contribution is -2.33. The Kier molecular flexibility index (Phi) is 11.6. The lowest BCUT2D eigenvalue weighted by Gasteiger charge is -2.30. The van der Waals surface area contributed by atoms with Crippen molar-refractivity contribution in [2.45, 2.75) is 51.6 Å². The molecule has 2 heterocycles. The highest BCUT2D eigenvalue weighted by Gasteiger charge is 2.47. The van der Waals surface area contributed by atoms with Gasteiger partial charge in [0.1, 0.15) is 11.4 Å². The van der Waals surface area contributed by atoms with Crippen LogP contribution in [0.5, 0.6) is 5.88 Å². The predicted octanol–water partition coefficient (Wildman–Crippen LogP) is 7.76. The van der Waals surface area contributed by atoms with Crippen LogP contribution in [0.2, 0.25) is 5.02 Å². The second-order valence-corrected chi connectivity index (χ2v) is 11.0. The molecule has 0 fully saturated rings. The fraction of sp³-hybridized carbons (Fsp3) is 0.333. The second-order valence-electron chi connectivity index (χ2n) is 10.6. The van der Waals surface area contributed by atoms with Gasteiger partial charge in [0.2, 0.25) is 11.8 Å². The maximum absolute atomic E-state index is 15.2. The number of aryl methyl sites for hydroxylation is 1. The van der Waals surface area contributed by atoms with Gasteiger partial charge in [-0.05, 0) is 51.7 Å². The molecule has 4 rings (SSSR count). The van der Waals surface area contributed by atoms with Crippen molar-refractivity contribution >= 4 is 23.5 Å². The van der Waals surface area contributed by atoms with Gasteiger partial charge in [0.05, 0.1) is 42.4 Å². The molecule has 3 aromatic rings. The summed E-state index contributed by atoms with van der Waals surface area (Å²) in [7, 11) is 0.865. The van der Waals surface area contributed by atoms with E-state index in [0.717, 1.165) is 18.4 Å². The fourth-order valence-corrected chi connectivity index (χ4v) is 5.38. The number of hydrogen-bond acceptors (Lipinski definition) is 8. The first-order valence-electron chi connectivity index (χ1n) is 14.5. The Morgan fingerprint density at radius 1 is 0.915 bits per heavy atom. The van der Waals surface area contributed by atoms with Gasteiger partial charge < -0.3 is 19.5 Å². The maximum atomic E-state index is 15.2. The second kappa shape index (κ2) is 15.4. The molecule has 14 heteroatoms. The Morgan fingerprint density at radius 3 is 2.26 bits per heavy atom. The number of hydrogen-bond donors (Lipinski definition) is 1. The van der Waals surface area contributed by atoms with E-state index in [9.17, 15) is 22.8 Å². The van der Waals surface area contributed by atoms with E-state index in [1.807, 2.05) is 37.3 Å². The van der Waals surface area contributed by atoms with Crippen LogP contribution in [0.25, 0.3) is 11.4 Å². The van der Waals surface area contributed by atoms with Crippen LogP contribution in [-0.2, 0) is 25.2 Å². The quantitative estimate of drug-likeness (QED) is 0.0898. The average molecular weight is 680 g/mol. The number of halogens is 6. The van der Waals surface area contributed by atoms with Crippen LogP contribution in [0.3, 0.4) is 0 Å².